The summed E-state index contributed by atoms with van der Waals surface area (Å²) in [7, 11) is 0. The molecule has 0 aliphatic heterocycles. The molecule has 1 atom stereocenters. The number of carboxylic acids is 1. The lowest BCUT2D eigenvalue weighted by Crippen LogP contribution is -2.33. The van der Waals surface area contributed by atoms with E-state index in [1.54, 1.807) is 17.1 Å². The minimum atomic E-state index is -1.17. The van der Waals surface area contributed by atoms with Gasteiger partial charge in [-0.25, -0.2) is 14.5 Å². The first-order valence-electron chi connectivity index (χ1n) is 12.7. The molecule has 3 N–H and O–H groups in total. The van der Waals surface area contributed by atoms with Crippen LogP contribution in [0.15, 0.2) is 60.9 Å². The van der Waals surface area contributed by atoms with Crippen molar-refractivity contribution in [1.82, 2.24) is 25.3 Å². The lowest BCUT2D eigenvalue weighted by atomic mass is 9.85. The van der Waals surface area contributed by atoms with Crippen LogP contribution >= 0.6 is 0 Å². The van der Waals surface area contributed by atoms with E-state index in [2.05, 4.69) is 25.9 Å². The standard InChI is InChI=1S/C28H28N6O5/c1-17(28(37)38)39-23-12-11-22(25(32-23)27(36)29-15-18-5-4-6-18)31-26(35)24-20(16-34-14-13-30-33-34)10-9-19-7-2-3-8-21(19)24/h2-3,7-14,17-18H,4-6,15-16H2,1H3,(H,29,36)(H,31,35)(H,37,38). The fourth-order valence-corrected chi connectivity index (χ4v) is 4.42. The highest BCUT2D eigenvalue weighted by molar-refractivity contribution is 6.15. The number of carbonyl (C=O) groups is 3. The molecule has 2 heterocycles. The number of aliphatic carboxylic acids is 1. The Labute approximate surface area is 224 Å². The fourth-order valence-electron chi connectivity index (χ4n) is 4.42. The summed E-state index contributed by atoms with van der Waals surface area (Å²) in [6.45, 7) is 2.18. The van der Waals surface area contributed by atoms with Crippen molar-refractivity contribution < 1.29 is 24.2 Å². The summed E-state index contributed by atoms with van der Waals surface area (Å²) >= 11 is 0. The van der Waals surface area contributed by atoms with Crippen LogP contribution in [0.5, 0.6) is 5.88 Å². The Morgan fingerprint density at radius 3 is 2.64 bits per heavy atom. The van der Waals surface area contributed by atoms with Crippen molar-refractivity contribution in [2.24, 2.45) is 5.92 Å². The van der Waals surface area contributed by atoms with Gasteiger partial charge in [-0.2, -0.15) is 0 Å². The normalized spacial score (nSPS) is 13.9. The smallest absolute Gasteiger partial charge is 0.344 e. The molecule has 200 valence electrons. The number of hydrogen-bond acceptors (Lipinski definition) is 7. The van der Waals surface area contributed by atoms with Crippen LogP contribution in [0.2, 0.25) is 0 Å². The van der Waals surface area contributed by atoms with Crippen LogP contribution in [-0.4, -0.2) is 55.5 Å². The number of carbonyl (C=O) groups excluding carboxylic acids is 2. The largest absolute Gasteiger partial charge is 0.479 e. The minimum absolute atomic E-state index is 0.0336. The zero-order valence-electron chi connectivity index (χ0n) is 21.3. The lowest BCUT2D eigenvalue weighted by Gasteiger charge is -2.25. The summed E-state index contributed by atoms with van der Waals surface area (Å²) in [5, 5.41) is 24.4. The number of fused-ring (bicyclic) bond motifs is 1. The Morgan fingerprint density at radius 2 is 1.92 bits per heavy atom. The predicted octanol–water partition coefficient (Wildman–Crippen LogP) is 3.51. The van der Waals surface area contributed by atoms with Crippen molar-refractivity contribution in [2.45, 2.75) is 38.8 Å². The van der Waals surface area contributed by atoms with E-state index in [1.165, 1.54) is 19.1 Å². The van der Waals surface area contributed by atoms with Crippen LogP contribution in [0, 0.1) is 5.92 Å². The monoisotopic (exact) mass is 528 g/mol. The summed E-state index contributed by atoms with van der Waals surface area (Å²) in [5.41, 5.74) is 1.28. The molecule has 2 aromatic heterocycles. The van der Waals surface area contributed by atoms with Gasteiger partial charge >= 0.3 is 5.97 Å². The highest BCUT2D eigenvalue weighted by atomic mass is 16.5. The molecule has 1 fully saturated rings. The van der Waals surface area contributed by atoms with E-state index in [9.17, 15) is 19.5 Å². The number of amides is 2. The van der Waals surface area contributed by atoms with Crippen molar-refractivity contribution in [3.05, 3.63) is 77.7 Å². The van der Waals surface area contributed by atoms with E-state index in [-0.39, 0.29) is 17.3 Å². The molecule has 4 aromatic rings. The van der Waals surface area contributed by atoms with Crippen molar-refractivity contribution in [3.8, 4) is 5.88 Å². The number of hydrogen-bond donors (Lipinski definition) is 3. The van der Waals surface area contributed by atoms with Crippen LogP contribution < -0.4 is 15.4 Å². The summed E-state index contributed by atoms with van der Waals surface area (Å²) in [6.07, 6.45) is 5.34. The molecule has 5 rings (SSSR count). The maximum absolute atomic E-state index is 13.8. The van der Waals surface area contributed by atoms with Crippen molar-refractivity contribution in [3.63, 3.8) is 0 Å². The maximum Gasteiger partial charge on any atom is 0.344 e. The number of anilines is 1. The van der Waals surface area contributed by atoms with Crippen LogP contribution in [0.4, 0.5) is 5.69 Å². The summed E-state index contributed by atoms with van der Waals surface area (Å²) in [5.74, 6) is -1.70. The Balaban J connectivity index is 1.48. The number of pyridine rings is 1. The average Bonchev–Trinajstić information content (AvgIpc) is 3.41. The van der Waals surface area contributed by atoms with Crippen LogP contribution in [0.1, 0.15) is 52.6 Å². The van der Waals surface area contributed by atoms with Gasteiger partial charge in [0.25, 0.3) is 11.8 Å². The predicted molar refractivity (Wildman–Crippen MR) is 143 cm³/mol. The number of nitrogens with zero attached hydrogens (tertiary/aromatic N) is 4. The van der Waals surface area contributed by atoms with Gasteiger partial charge in [-0.05, 0) is 48.1 Å². The molecule has 0 saturated heterocycles. The van der Waals surface area contributed by atoms with Crippen molar-refractivity contribution >= 4 is 34.2 Å². The highest BCUT2D eigenvalue weighted by Gasteiger charge is 2.24. The van der Waals surface area contributed by atoms with Gasteiger partial charge in [0, 0.05) is 18.8 Å². The molecule has 1 saturated carbocycles. The first-order valence-corrected chi connectivity index (χ1v) is 12.7. The average molecular weight is 529 g/mol. The third kappa shape index (κ3) is 5.87. The van der Waals surface area contributed by atoms with E-state index in [1.807, 2.05) is 36.4 Å². The first-order chi connectivity index (χ1) is 18.9. The summed E-state index contributed by atoms with van der Waals surface area (Å²) in [6, 6.07) is 14.3. The van der Waals surface area contributed by atoms with Gasteiger partial charge in [0.05, 0.1) is 24.0 Å². The second kappa shape index (κ2) is 11.3. The quantitative estimate of drug-likeness (QED) is 0.283. The molecule has 1 aliphatic rings. The number of benzene rings is 2. The molecule has 0 radical (unpaired) electrons. The van der Waals surface area contributed by atoms with E-state index in [0.29, 0.717) is 24.6 Å². The molecule has 11 heteroatoms. The topological polar surface area (TPSA) is 148 Å². The second-order valence-corrected chi connectivity index (χ2v) is 9.53. The molecule has 39 heavy (non-hydrogen) atoms. The minimum Gasteiger partial charge on any atom is -0.479 e. The van der Waals surface area contributed by atoms with Gasteiger partial charge in [0.1, 0.15) is 0 Å². The molecular weight excluding hydrogens is 500 g/mol. The molecule has 1 aliphatic carbocycles. The second-order valence-electron chi connectivity index (χ2n) is 9.53. The third-order valence-electron chi connectivity index (χ3n) is 6.80. The highest BCUT2D eigenvalue weighted by Crippen LogP contribution is 2.27. The molecule has 11 nitrogen and oxygen atoms in total. The van der Waals surface area contributed by atoms with Gasteiger partial charge in [-0.1, -0.05) is 48.0 Å². The van der Waals surface area contributed by atoms with Gasteiger partial charge < -0.3 is 20.5 Å². The van der Waals surface area contributed by atoms with Crippen molar-refractivity contribution in [2.75, 3.05) is 11.9 Å². The molecular formula is C28H28N6O5. The maximum atomic E-state index is 13.8. The van der Waals surface area contributed by atoms with E-state index in [0.717, 1.165) is 35.6 Å². The zero-order chi connectivity index (χ0) is 27.4. The number of carboxylic acid groups (broad SMARTS) is 1. The van der Waals surface area contributed by atoms with Crippen LogP contribution in [0.3, 0.4) is 0 Å². The van der Waals surface area contributed by atoms with Gasteiger partial charge in [-0.15, -0.1) is 5.10 Å². The molecule has 0 bridgehead atoms. The van der Waals surface area contributed by atoms with E-state index >= 15 is 0 Å². The Morgan fingerprint density at radius 1 is 1.10 bits per heavy atom. The summed E-state index contributed by atoms with van der Waals surface area (Å²) < 4.78 is 7.01. The lowest BCUT2D eigenvalue weighted by molar-refractivity contribution is -0.144. The number of ether oxygens (including phenoxy) is 1. The number of nitrogens with one attached hydrogen (secondary N) is 2. The van der Waals surface area contributed by atoms with Crippen molar-refractivity contribution in [1.29, 1.82) is 0 Å². The molecule has 1 unspecified atom stereocenters. The first kappa shape index (κ1) is 25.8. The van der Waals surface area contributed by atoms with Crippen LogP contribution in [0.25, 0.3) is 10.8 Å². The molecule has 2 aromatic carbocycles. The Kier molecular flexibility index (Phi) is 7.48. The third-order valence-corrected chi connectivity index (χ3v) is 6.80. The fraction of sp³-hybridized carbons (Fsp3) is 0.286. The number of rotatable bonds is 10. The van der Waals surface area contributed by atoms with E-state index in [4.69, 9.17) is 4.74 Å². The molecule has 2 amide bonds. The SMILES string of the molecule is CC(Oc1ccc(NC(=O)c2c(Cn3ccnn3)ccc3ccccc23)c(C(=O)NCC2CCC2)n1)C(=O)O. The Bertz CT molecular complexity index is 1520. The zero-order valence-corrected chi connectivity index (χ0v) is 21.3. The summed E-state index contributed by atoms with van der Waals surface area (Å²) in [4.78, 5) is 42.5. The van der Waals surface area contributed by atoms with E-state index < -0.39 is 23.9 Å². The van der Waals surface area contributed by atoms with Gasteiger partial charge in [0.2, 0.25) is 5.88 Å². The number of aromatic nitrogens is 4. The Hall–Kier alpha value is -4.80. The van der Waals surface area contributed by atoms with Crippen LogP contribution in [-0.2, 0) is 11.3 Å². The van der Waals surface area contributed by atoms with Gasteiger partial charge in [-0.3, -0.25) is 9.59 Å². The van der Waals surface area contributed by atoms with Gasteiger partial charge in [0.15, 0.2) is 11.8 Å². The molecule has 0 spiro atoms.